The number of carbonyl (C=O) groups excluding carboxylic acids is 3. The van der Waals surface area contributed by atoms with Crippen LogP contribution in [0.1, 0.15) is 16.6 Å². The number of rotatable bonds is 6. The summed E-state index contributed by atoms with van der Waals surface area (Å²) in [7, 11) is 1.54. The number of anilines is 2. The van der Waals surface area contributed by atoms with E-state index in [0.29, 0.717) is 37.8 Å². The maximum atomic E-state index is 13.8. The SMILES string of the molecule is COc1ccc(N2C(=O)[C@H]3[C@H](c4ccco4)c4sc(=O)n(CC(=O)Nc5ccc(Cl)cc5)c4S[C@H]3C2=O)cc1. The highest BCUT2D eigenvalue weighted by molar-refractivity contribution is 8.00. The van der Waals surface area contributed by atoms with Gasteiger partial charge in [-0.3, -0.25) is 23.7 Å². The second-order valence-corrected chi connectivity index (χ2v) is 11.5. The number of thiazole rings is 1. The predicted molar refractivity (Wildman–Crippen MR) is 148 cm³/mol. The molecular weight excluding hydrogens is 562 g/mol. The molecule has 2 aliphatic heterocycles. The number of fused-ring (bicyclic) bond motifs is 2. The van der Waals surface area contributed by atoms with Gasteiger partial charge in [-0.05, 0) is 60.7 Å². The van der Waals surface area contributed by atoms with Crippen LogP contribution in [-0.4, -0.2) is 34.6 Å². The van der Waals surface area contributed by atoms with Crippen molar-refractivity contribution in [3.63, 3.8) is 0 Å². The van der Waals surface area contributed by atoms with Crippen LogP contribution in [0.2, 0.25) is 5.02 Å². The Morgan fingerprint density at radius 1 is 1.05 bits per heavy atom. The van der Waals surface area contributed by atoms with E-state index in [0.717, 1.165) is 23.1 Å². The zero-order chi connectivity index (χ0) is 27.3. The van der Waals surface area contributed by atoms with Crippen LogP contribution in [0.4, 0.5) is 11.4 Å². The van der Waals surface area contributed by atoms with E-state index in [1.807, 2.05) is 0 Å². The lowest BCUT2D eigenvalue weighted by atomic mass is 9.87. The molecule has 0 unspecified atom stereocenters. The van der Waals surface area contributed by atoms with E-state index in [2.05, 4.69) is 5.32 Å². The number of aromatic nitrogens is 1. The molecule has 4 heterocycles. The number of hydrogen-bond donors (Lipinski definition) is 1. The van der Waals surface area contributed by atoms with Gasteiger partial charge < -0.3 is 14.5 Å². The molecule has 0 spiro atoms. The third-order valence-electron chi connectivity index (χ3n) is 6.66. The Morgan fingerprint density at radius 2 is 1.79 bits per heavy atom. The van der Waals surface area contributed by atoms with E-state index in [9.17, 15) is 19.2 Å². The van der Waals surface area contributed by atoms with Gasteiger partial charge in [0.05, 0.1) is 40.8 Å². The van der Waals surface area contributed by atoms with Crippen LogP contribution in [0.25, 0.3) is 0 Å². The summed E-state index contributed by atoms with van der Waals surface area (Å²) in [5.41, 5.74) is 0.969. The van der Waals surface area contributed by atoms with Crippen molar-refractivity contribution in [3.05, 3.63) is 92.3 Å². The Balaban J connectivity index is 1.36. The van der Waals surface area contributed by atoms with E-state index in [1.54, 1.807) is 60.7 Å². The molecule has 0 aliphatic carbocycles. The summed E-state index contributed by atoms with van der Waals surface area (Å²) in [5.74, 6) is -1.53. The molecule has 2 aromatic carbocycles. The average molecular weight is 582 g/mol. The molecular formula is C27H20ClN3O6S2. The number of imide groups is 1. The zero-order valence-corrected chi connectivity index (χ0v) is 22.7. The number of nitrogens with zero attached hydrogens (tertiary/aromatic N) is 2. The van der Waals surface area contributed by atoms with E-state index < -0.39 is 28.9 Å². The number of nitrogens with one attached hydrogen (secondary N) is 1. The number of carbonyl (C=O) groups is 3. The van der Waals surface area contributed by atoms with Crippen molar-refractivity contribution in [2.24, 2.45) is 5.92 Å². The highest BCUT2D eigenvalue weighted by Gasteiger charge is 2.57. The van der Waals surface area contributed by atoms with Crippen LogP contribution < -0.4 is 19.8 Å². The number of furan rings is 1. The largest absolute Gasteiger partial charge is 0.497 e. The van der Waals surface area contributed by atoms with Gasteiger partial charge in [-0.25, -0.2) is 4.90 Å². The van der Waals surface area contributed by atoms with Crippen LogP contribution in [-0.2, 0) is 20.9 Å². The minimum Gasteiger partial charge on any atom is -0.497 e. The standard InChI is InChI=1S/C27H20ClN3O6S2/c1-36-17-10-8-16(9-11-17)31-24(33)21-20(18-3-2-12-37-18)23-26(38-22(21)25(31)34)30(27(35)39-23)13-19(32)29-15-6-4-14(28)5-7-15/h2-12,20-22H,13H2,1H3,(H,29,32)/t20-,21-,22+/m0/s1. The molecule has 2 aliphatic rings. The van der Waals surface area contributed by atoms with Crippen molar-refractivity contribution >= 4 is 63.8 Å². The van der Waals surface area contributed by atoms with Gasteiger partial charge in [0.2, 0.25) is 17.7 Å². The summed E-state index contributed by atoms with van der Waals surface area (Å²) in [6.07, 6.45) is 1.49. The number of benzene rings is 2. The molecule has 3 amide bonds. The number of thioether (sulfide) groups is 1. The molecule has 198 valence electrons. The fourth-order valence-corrected chi connectivity index (χ4v) is 7.77. The lowest BCUT2D eigenvalue weighted by Crippen LogP contribution is -2.32. The van der Waals surface area contributed by atoms with E-state index in [-0.39, 0.29) is 17.3 Å². The summed E-state index contributed by atoms with van der Waals surface area (Å²) in [4.78, 5) is 54.9. The monoisotopic (exact) mass is 581 g/mol. The molecule has 0 bridgehead atoms. The van der Waals surface area contributed by atoms with Crippen LogP contribution >= 0.6 is 34.7 Å². The van der Waals surface area contributed by atoms with Gasteiger partial charge in [0, 0.05) is 10.7 Å². The summed E-state index contributed by atoms with van der Waals surface area (Å²) in [6, 6.07) is 16.7. The fraction of sp³-hybridized carbons (Fsp3) is 0.185. The number of amides is 3. The summed E-state index contributed by atoms with van der Waals surface area (Å²) >= 11 is 8.02. The highest BCUT2D eigenvalue weighted by atomic mass is 35.5. The van der Waals surface area contributed by atoms with Gasteiger partial charge in [-0.15, -0.1) is 0 Å². The number of methoxy groups -OCH3 is 1. The second kappa shape index (κ2) is 10.1. The lowest BCUT2D eigenvalue weighted by molar-refractivity contribution is -0.122. The number of halogens is 1. The van der Waals surface area contributed by atoms with Crippen molar-refractivity contribution in [2.75, 3.05) is 17.3 Å². The summed E-state index contributed by atoms with van der Waals surface area (Å²) in [6.45, 7) is -0.257. The molecule has 2 aromatic heterocycles. The summed E-state index contributed by atoms with van der Waals surface area (Å²) in [5, 5.41) is 2.97. The molecule has 12 heteroatoms. The Kier molecular flexibility index (Phi) is 6.57. The molecule has 4 aromatic rings. The predicted octanol–water partition coefficient (Wildman–Crippen LogP) is 4.60. The third-order valence-corrected chi connectivity index (χ3v) is 9.52. The van der Waals surface area contributed by atoms with Gasteiger partial charge in [0.1, 0.15) is 23.3 Å². The molecule has 0 radical (unpaired) electrons. The second-order valence-electron chi connectivity index (χ2n) is 8.95. The van der Waals surface area contributed by atoms with E-state index >= 15 is 0 Å². The van der Waals surface area contributed by atoms with Crippen LogP contribution in [0.3, 0.4) is 0 Å². The molecule has 6 rings (SSSR count). The topological polar surface area (TPSA) is 111 Å². The maximum Gasteiger partial charge on any atom is 0.308 e. The Morgan fingerprint density at radius 3 is 2.46 bits per heavy atom. The lowest BCUT2D eigenvalue weighted by Gasteiger charge is -2.29. The normalized spacial score (nSPS) is 20.1. The number of hydrogen-bond acceptors (Lipinski definition) is 8. The fourth-order valence-electron chi connectivity index (χ4n) is 4.89. The molecule has 9 nitrogen and oxygen atoms in total. The first-order valence-corrected chi connectivity index (χ1v) is 13.9. The molecule has 39 heavy (non-hydrogen) atoms. The Bertz CT molecular complexity index is 1630. The average Bonchev–Trinajstić information content (AvgIpc) is 3.63. The van der Waals surface area contributed by atoms with Crippen molar-refractivity contribution in [3.8, 4) is 5.75 Å². The van der Waals surface area contributed by atoms with Gasteiger partial charge in [-0.2, -0.15) is 0 Å². The molecule has 1 saturated heterocycles. The quantitative estimate of drug-likeness (QED) is 0.331. The zero-order valence-electron chi connectivity index (χ0n) is 20.3. The first-order valence-electron chi connectivity index (χ1n) is 11.9. The van der Waals surface area contributed by atoms with Crippen LogP contribution in [0.5, 0.6) is 5.75 Å². The maximum absolute atomic E-state index is 13.8. The van der Waals surface area contributed by atoms with Crippen molar-refractivity contribution < 1.29 is 23.5 Å². The number of ether oxygens (including phenoxy) is 1. The third kappa shape index (κ3) is 4.46. The smallest absolute Gasteiger partial charge is 0.308 e. The molecule has 1 N–H and O–H groups in total. The molecule has 0 saturated carbocycles. The van der Waals surface area contributed by atoms with Crippen molar-refractivity contribution in [2.45, 2.75) is 22.7 Å². The van der Waals surface area contributed by atoms with E-state index in [4.69, 9.17) is 20.8 Å². The minimum absolute atomic E-state index is 0.257. The summed E-state index contributed by atoms with van der Waals surface area (Å²) < 4.78 is 12.3. The first-order chi connectivity index (χ1) is 18.9. The van der Waals surface area contributed by atoms with Gasteiger partial charge in [-0.1, -0.05) is 34.7 Å². The molecule has 3 atom stereocenters. The highest BCUT2D eigenvalue weighted by Crippen LogP contribution is 2.54. The Hall–Kier alpha value is -3.80. The van der Waals surface area contributed by atoms with Gasteiger partial charge >= 0.3 is 4.87 Å². The minimum atomic E-state index is -0.804. The van der Waals surface area contributed by atoms with E-state index in [1.165, 1.54) is 22.8 Å². The van der Waals surface area contributed by atoms with Crippen LogP contribution in [0, 0.1) is 5.92 Å². The van der Waals surface area contributed by atoms with Crippen molar-refractivity contribution in [1.82, 2.24) is 4.57 Å². The molecule has 1 fully saturated rings. The van der Waals surface area contributed by atoms with Crippen LogP contribution in [0.15, 0.2) is 81.2 Å². The van der Waals surface area contributed by atoms with Gasteiger partial charge in [0.15, 0.2) is 0 Å². The first kappa shape index (κ1) is 25.5. The van der Waals surface area contributed by atoms with Crippen molar-refractivity contribution in [1.29, 1.82) is 0 Å². The Labute approximate surface area is 235 Å². The van der Waals surface area contributed by atoms with Gasteiger partial charge in [0.25, 0.3) is 0 Å².